The molecule has 3 heterocycles. The summed E-state index contributed by atoms with van der Waals surface area (Å²) >= 11 is 5.84. The van der Waals surface area contributed by atoms with E-state index in [1.807, 2.05) is 28.7 Å². The van der Waals surface area contributed by atoms with Gasteiger partial charge in [0.15, 0.2) is 16.5 Å². The average Bonchev–Trinajstić information content (AvgIpc) is 3.29. The molecule has 0 saturated carbocycles. The summed E-state index contributed by atoms with van der Waals surface area (Å²) in [5, 5.41) is 5.37. The summed E-state index contributed by atoms with van der Waals surface area (Å²) in [7, 11) is -1.36. The summed E-state index contributed by atoms with van der Waals surface area (Å²) in [5.41, 5.74) is 0.625. The Balaban J connectivity index is 1.82. The van der Waals surface area contributed by atoms with Crippen LogP contribution in [0.1, 0.15) is 26.7 Å². The number of nitrogens with one attached hydrogen (secondary N) is 1. The molecular weight excluding hydrogens is 462 g/mol. The minimum atomic E-state index is -3.00. The highest BCUT2D eigenvalue weighted by Gasteiger charge is 2.36. The van der Waals surface area contributed by atoms with E-state index in [4.69, 9.17) is 22.1 Å². The van der Waals surface area contributed by atoms with Crippen molar-refractivity contribution in [1.82, 2.24) is 18.7 Å². The van der Waals surface area contributed by atoms with Crippen molar-refractivity contribution in [3.8, 4) is 0 Å². The highest BCUT2D eigenvalue weighted by Crippen LogP contribution is 2.15. The minimum Gasteiger partial charge on any atom is -0.385 e. The number of sulfone groups is 1. The molecular formula is C22H32N5O4S2+. The molecule has 0 amide bonds. The molecule has 9 nitrogen and oxygen atoms in total. The fourth-order valence-corrected chi connectivity index (χ4v) is 6.84. The minimum absolute atomic E-state index is 0.0183. The summed E-state index contributed by atoms with van der Waals surface area (Å²) in [4.78, 5) is 14.4. The van der Waals surface area contributed by atoms with Crippen molar-refractivity contribution < 1.29 is 18.1 Å². The number of methoxy groups -OCH3 is 1. The van der Waals surface area contributed by atoms with E-state index in [9.17, 15) is 13.2 Å². The Morgan fingerprint density at radius 1 is 1.30 bits per heavy atom. The normalized spacial score (nSPS) is 19.1. The molecule has 0 bridgehead atoms. The molecule has 1 aliphatic heterocycles. The summed E-state index contributed by atoms with van der Waals surface area (Å²) in [6, 6.07) is 7.44. The molecule has 2 atom stereocenters. The molecule has 1 aromatic carbocycles. The van der Waals surface area contributed by atoms with E-state index in [1.54, 1.807) is 16.4 Å². The van der Waals surface area contributed by atoms with Gasteiger partial charge in [-0.2, -0.15) is 4.68 Å². The Bertz CT molecular complexity index is 1370. The molecule has 1 aliphatic rings. The molecule has 4 rings (SSSR count). The van der Waals surface area contributed by atoms with Crippen LogP contribution in [0.3, 0.4) is 0 Å². The standard InChI is InChI=1S/C22H31N5O4S2/c1-16(2)13-24(17-9-12-33(29,30)14-17)15-26-22(32)27-19-8-5-4-7-18(19)20(28)25(21(27)23-26)10-6-11-31-3/h4-5,7-8,16-17H,6,9-15H2,1-3H3/p+1. The van der Waals surface area contributed by atoms with Crippen molar-refractivity contribution in [2.75, 3.05) is 31.8 Å². The number of aromatic nitrogens is 4. The molecule has 1 N–H and O–H groups in total. The van der Waals surface area contributed by atoms with Gasteiger partial charge in [0.2, 0.25) is 10.5 Å². The Morgan fingerprint density at radius 3 is 2.73 bits per heavy atom. The van der Waals surface area contributed by atoms with E-state index < -0.39 is 9.84 Å². The van der Waals surface area contributed by atoms with Gasteiger partial charge in [-0.1, -0.05) is 26.0 Å². The van der Waals surface area contributed by atoms with Crippen molar-refractivity contribution in [2.24, 2.45) is 5.92 Å². The van der Waals surface area contributed by atoms with E-state index in [-0.39, 0.29) is 23.1 Å². The van der Waals surface area contributed by atoms with Gasteiger partial charge in [0.05, 0.1) is 23.2 Å². The molecule has 1 fully saturated rings. The van der Waals surface area contributed by atoms with E-state index >= 15 is 0 Å². The number of nitrogens with zero attached hydrogens (tertiary/aromatic N) is 4. The largest absolute Gasteiger partial charge is 0.385 e. The zero-order valence-electron chi connectivity index (χ0n) is 19.4. The van der Waals surface area contributed by atoms with E-state index in [0.29, 0.717) is 54.5 Å². The lowest BCUT2D eigenvalue weighted by molar-refractivity contribution is -0.947. The fraction of sp³-hybridized carbons (Fsp3) is 0.591. The first-order valence-electron chi connectivity index (χ1n) is 11.4. The molecule has 2 unspecified atom stereocenters. The monoisotopic (exact) mass is 494 g/mol. The van der Waals surface area contributed by atoms with E-state index in [0.717, 1.165) is 17.0 Å². The van der Waals surface area contributed by atoms with Crippen LogP contribution >= 0.6 is 12.2 Å². The van der Waals surface area contributed by atoms with Crippen molar-refractivity contribution >= 4 is 38.7 Å². The third-order valence-electron chi connectivity index (χ3n) is 6.25. The number of rotatable bonds is 9. The molecule has 0 radical (unpaired) electrons. The first-order chi connectivity index (χ1) is 15.7. The zero-order chi connectivity index (χ0) is 23.8. The topological polar surface area (TPSA) is 92.0 Å². The molecule has 3 aromatic rings. The van der Waals surface area contributed by atoms with Crippen molar-refractivity contribution in [3.05, 3.63) is 39.4 Å². The van der Waals surface area contributed by atoms with Gasteiger partial charge in [-0.15, -0.1) is 5.10 Å². The summed E-state index contributed by atoms with van der Waals surface area (Å²) in [5.74, 6) is 1.32. The number of fused-ring (bicyclic) bond motifs is 3. The second kappa shape index (κ2) is 9.65. The maximum absolute atomic E-state index is 13.3. The number of quaternary nitrogens is 1. The lowest BCUT2D eigenvalue weighted by Crippen LogP contribution is -3.16. The Hall–Kier alpha value is -2.08. The van der Waals surface area contributed by atoms with Gasteiger partial charge in [-0.25, -0.2) is 8.42 Å². The Labute approximate surface area is 198 Å². The van der Waals surface area contributed by atoms with E-state index in [2.05, 4.69) is 13.8 Å². The molecule has 11 heteroatoms. The highest BCUT2D eigenvalue weighted by atomic mass is 32.2. The van der Waals surface area contributed by atoms with Crippen LogP contribution in [-0.2, 0) is 27.8 Å². The predicted molar refractivity (Wildman–Crippen MR) is 130 cm³/mol. The molecule has 0 aliphatic carbocycles. The van der Waals surface area contributed by atoms with Crippen LogP contribution < -0.4 is 10.5 Å². The molecule has 2 aromatic heterocycles. The SMILES string of the molecule is COCCCn1c(=O)c2ccccc2n2c(=S)n(C[NH+](CC(C)C)C3CCS(=O)(=O)C3)nc12. The van der Waals surface area contributed by atoms with Gasteiger partial charge in [-0.3, -0.25) is 13.8 Å². The van der Waals surface area contributed by atoms with Crippen LogP contribution in [-0.4, -0.2) is 65.0 Å². The van der Waals surface area contributed by atoms with Crippen LogP contribution in [0, 0.1) is 10.7 Å². The second-order valence-electron chi connectivity index (χ2n) is 9.25. The Morgan fingerprint density at radius 2 is 2.06 bits per heavy atom. The van der Waals surface area contributed by atoms with Gasteiger partial charge >= 0.3 is 0 Å². The third-order valence-corrected chi connectivity index (χ3v) is 8.41. The first-order valence-corrected chi connectivity index (χ1v) is 13.6. The van der Waals surface area contributed by atoms with Crippen LogP contribution in [0.15, 0.2) is 29.1 Å². The van der Waals surface area contributed by atoms with Crippen molar-refractivity contribution in [1.29, 1.82) is 0 Å². The average molecular weight is 495 g/mol. The molecule has 33 heavy (non-hydrogen) atoms. The lowest BCUT2D eigenvalue weighted by atomic mass is 10.1. The Kier molecular flexibility index (Phi) is 7.04. The number of benzene rings is 1. The molecule has 0 spiro atoms. The number of ether oxygens (including phenoxy) is 1. The zero-order valence-corrected chi connectivity index (χ0v) is 21.0. The van der Waals surface area contributed by atoms with Crippen molar-refractivity contribution in [2.45, 2.75) is 45.9 Å². The summed E-state index contributed by atoms with van der Waals surface area (Å²) < 4.78 is 35.2. The molecule has 180 valence electrons. The smallest absolute Gasteiger partial charge is 0.262 e. The van der Waals surface area contributed by atoms with Crippen molar-refractivity contribution in [3.63, 3.8) is 0 Å². The van der Waals surface area contributed by atoms with Gasteiger partial charge in [-0.05, 0) is 30.8 Å². The second-order valence-corrected chi connectivity index (χ2v) is 11.8. The van der Waals surface area contributed by atoms with Crippen LogP contribution in [0.2, 0.25) is 0 Å². The molecule has 1 saturated heterocycles. The summed E-state index contributed by atoms with van der Waals surface area (Å²) in [6.45, 7) is 6.54. The number of hydrogen-bond acceptors (Lipinski definition) is 6. The van der Waals surface area contributed by atoms with Crippen LogP contribution in [0.4, 0.5) is 0 Å². The maximum atomic E-state index is 13.3. The van der Waals surface area contributed by atoms with E-state index in [1.165, 1.54) is 0 Å². The quantitative estimate of drug-likeness (QED) is 0.351. The number of aryl methyl sites for hydroxylation is 1. The van der Waals surface area contributed by atoms with Gasteiger partial charge in [0, 0.05) is 32.6 Å². The van der Waals surface area contributed by atoms with Gasteiger partial charge in [0.1, 0.15) is 11.8 Å². The number of hydrogen-bond donors (Lipinski definition) is 1. The van der Waals surface area contributed by atoms with Gasteiger partial charge < -0.3 is 9.64 Å². The lowest BCUT2D eigenvalue weighted by Gasteiger charge is -2.26. The predicted octanol–water partition coefficient (Wildman–Crippen LogP) is 0.902. The first kappa shape index (κ1) is 24.1. The summed E-state index contributed by atoms with van der Waals surface area (Å²) in [6.07, 6.45) is 1.32. The fourth-order valence-electron chi connectivity index (χ4n) is 4.73. The number of para-hydroxylation sites is 1. The van der Waals surface area contributed by atoms with Crippen LogP contribution in [0.25, 0.3) is 16.7 Å². The van der Waals surface area contributed by atoms with Gasteiger partial charge in [0.25, 0.3) is 5.56 Å². The maximum Gasteiger partial charge on any atom is 0.262 e. The highest BCUT2D eigenvalue weighted by molar-refractivity contribution is 7.91. The van der Waals surface area contributed by atoms with Crippen LogP contribution in [0.5, 0.6) is 0 Å². The third kappa shape index (κ3) is 4.91.